The molecule has 0 radical (unpaired) electrons. The van der Waals surface area contributed by atoms with Gasteiger partial charge in [0, 0.05) is 19.1 Å². The van der Waals surface area contributed by atoms with Crippen LogP contribution in [0.3, 0.4) is 0 Å². The Bertz CT molecular complexity index is 269. The topological polar surface area (TPSA) is 49.8 Å². The smallest absolute Gasteiger partial charge is 0.310 e. The monoisotopic (exact) mass is 243 g/mol. The van der Waals surface area contributed by atoms with E-state index in [2.05, 4.69) is 11.8 Å². The standard InChI is InChI=1S/C13H25NO3/c1-5-6-13(4,12(15)16)9-14-7-11(3)17-8-10(14)2/h10-11H,5-9H2,1-4H3,(H,15,16). The molecule has 1 fully saturated rings. The molecular formula is C13H25NO3. The maximum Gasteiger partial charge on any atom is 0.310 e. The summed E-state index contributed by atoms with van der Waals surface area (Å²) < 4.78 is 5.57. The third kappa shape index (κ3) is 3.68. The summed E-state index contributed by atoms with van der Waals surface area (Å²) in [6.07, 6.45) is 1.82. The third-order valence-electron chi connectivity index (χ3n) is 3.61. The number of rotatable bonds is 5. The maximum atomic E-state index is 11.4. The van der Waals surface area contributed by atoms with E-state index in [4.69, 9.17) is 4.74 Å². The molecule has 1 saturated heterocycles. The SMILES string of the molecule is CCCC(C)(CN1CC(C)OCC1C)C(=O)O. The third-order valence-corrected chi connectivity index (χ3v) is 3.61. The highest BCUT2D eigenvalue weighted by molar-refractivity contribution is 5.74. The number of hydrogen-bond acceptors (Lipinski definition) is 3. The Morgan fingerprint density at radius 1 is 1.53 bits per heavy atom. The van der Waals surface area contributed by atoms with E-state index in [-0.39, 0.29) is 6.10 Å². The first-order valence-electron chi connectivity index (χ1n) is 6.48. The Hall–Kier alpha value is -0.610. The predicted octanol–water partition coefficient (Wildman–Crippen LogP) is 1.99. The molecule has 4 nitrogen and oxygen atoms in total. The molecule has 1 aliphatic rings. The first-order valence-corrected chi connectivity index (χ1v) is 6.48. The highest BCUT2D eigenvalue weighted by atomic mass is 16.5. The molecule has 0 saturated carbocycles. The fraction of sp³-hybridized carbons (Fsp3) is 0.923. The number of carbonyl (C=O) groups is 1. The van der Waals surface area contributed by atoms with Gasteiger partial charge in [0.25, 0.3) is 0 Å². The van der Waals surface area contributed by atoms with Gasteiger partial charge in [0.1, 0.15) is 0 Å². The van der Waals surface area contributed by atoms with Crippen molar-refractivity contribution in [1.82, 2.24) is 4.90 Å². The summed E-state index contributed by atoms with van der Waals surface area (Å²) in [7, 11) is 0. The first kappa shape index (κ1) is 14.5. The number of carboxylic acid groups (broad SMARTS) is 1. The van der Waals surface area contributed by atoms with E-state index in [9.17, 15) is 9.90 Å². The largest absolute Gasteiger partial charge is 0.481 e. The lowest BCUT2D eigenvalue weighted by Crippen LogP contribution is -2.52. The van der Waals surface area contributed by atoms with Gasteiger partial charge in [0.15, 0.2) is 0 Å². The average Bonchev–Trinajstić information content (AvgIpc) is 2.23. The molecular weight excluding hydrogens is 218 g/mol. The fourth-order valence-corrected chi connectivity index (χ4v) is 2.45. The number of carboxylic acids is 1. The molecule has 1 rings (SSSR count). The Kier molecular flexibility index (Phi) is 4.95. The number of morpholine rings is 1. The van der Waals surface area contributed by atoms with E-state index in [1.807, 2.05) is 20.8 Å². The van der Waals surface area contributed by atoms with E-state index in [0.29, 0.717) is 19.2 Å². The number of ether oxygens (including phenoxy) is 1. The lowest BCUT2D eigenvalue weighted by molar-refractivity contribution is -0.152. The van der Waals surface area contributed by atoms with Crippen LogP contribution < -0.4 is 0 Å². The van der Waals surface area contributed by atoms with E-state index >= 15 is 0 Å². The molecule has 0 spiro atoms. The zero-order valence-electron chi connectivity index (χ0n) is 11.4. The van der Waals surface area contributed by atoms with Gasteiger partial charge >= 0.3 is 5.97 Å². The van der Waals surface area contributed by atoms with Gasteiger partial charge in [-0.15, -0.1) is 0 Å². The van der Waals surface area contributed by atoms with Crippen LogP contribution in [-0.2, 0) is 9.53 Å². The van der Waals surface area contributed by atoms with Gasteiger partial charge in [-0.1, -0.05) is 13.3 Å². The van der Waals surface area contributed by atoms with Crippen molar-refractivity contribution in [3.63, 3.8) is 0 Å². The summed E-state index contributed by atoms with van der Waals surface area (Å²) in [5.41, 5.74) is -0.639. The number of nitrogens with zero attached hydrogens (tertiary/aromatic N) is 1. The molecule has 0 bridgehead atoms. The summed E-state index contributed by atoms with van der Waals surface area (Å²) in [5, 5.41) is 9.39. The predicted molar refractivity (Wildman–Crippen MR) is 67.1 cm³/mol. The molecule has 100 valence electrons. The second kappa shape index (κ2) is 5.83. The summed E-state index contributed by atoms with van der Waals surface area (Å²) in [6, 6.07) is 0.307. The van der Waals surface area contributed by atoms with Crippen LogP contribution in [0.4, 0.5) is 0 Å². The molecule has 0 amide bonds. The van der Waals surface area contributed by atoms with Crippen molar-refractivity contribution in [3.8, 4) is 0 Å². The van der Waals surface area contributed by atoms with Crippen molar-refractivity contribution in [2.45, 2.75) is 52.7 Å². The van der Waals surface area contributed by atoms with E-state index in [1.54, 1.807) is 0 Å². The second-order valence-electron chi connectivity index (χ2n) is 5.54. The van der Waals surface area contributed by atoms with E-state index < -0.39 is 11.4 Å². The molecule has 4 heteroatoms. The van der Waals surface area contributed by atoms with Gasteiger partial charge in [0.2, 0.25) is 0 Å². The van der Waals surface area contributed by atoms with Gasteiger partial charge < -0.3 is 9.84 Å². The van der Waals surface area contributed by atoms with Crippen molar-refractivity contribution < 1.29 is 14.6 Å². The summed E-state index contributed by atoms with van der Waals surface area (Å²) >= 11 is 0. The zero-order valence-corrected chi connectivity index (χ0v) is 11.4. The van der Waals surface area contributed by atoms with Crippen molar-refractivity contribution in [3.05, 3.63) is 0 Å². The van der Waals surface area contributed by atoms with Crippen LogP contribution in [-0.4, -0.2) is 47.8 Å². The Morgan fingerprint density at radius 3 is 2.71 bits per heavy atom. The number of aliphatic carboxylic acids is 1. The van der Waals surface area contributed by atoms with Gasteiger partial charge in [-0.05, 0) is 27.2 Å². The first-order chi connectivity index (χ1) is 7.89. The lowest BCUT2D eigenvalue weighted by Gasteiger charge is -2.40. The van der Waals surface area contributed by atoms with Crippen LogP contribution in [0.1, 0.15) is 40.5 Å². The molecule has 1 heterocycles. The molecule has 0 aromatic carbocycles. The van der Waals surface area contributed by atoms with E-state index in [1.165, 1.54) is 0 Å². The Morgan fingerprint density at radius 2 is 2.18 bits per heavy atom. The molecule has 3 unspecified atom stereocenters. The summed E-state index contributed by atoms with van der Waals surface area (Å²) in [5.74, 6) is -0.689. The van der Waals surface area contributed by atoms with Crippen LogP contribution in [0.5, 0.6) is 0 Å². The fourth-order valence-electron chi connectivity index (χ4n) is 2.45. The van der Waals surface area contributed by atoms with Gasteiger partial charge in [-0.3, -0.25) is 9.69 Å². The van der Waals surface area contributed by atoms with E-state index in [0.717, 1.165) is 19.4 Å². The van der Waals surface area contributed by atoms with Crippen LogP contribution in [0.25, 0.3) is 0 Å². The molecule has 0 aliphatic carbocycles. The minimum absolute atomic E-state index is 0.200. The highest BCUT2D eigenvalue weighted by Crippen LogP contribution is 2.27. The van der Waals surface area contributed by atoms with Crippen molar-refractivity contribution >= 4 is 5.97 Å². The molecule has 0 aromatic heterocycles. The van der Waals surface area contributed by atoms with Crippen LogP contribution in [0.15, 0.2) is 0 Å². The average molecular weight is 243 g/mol. The summed E-state index contributed by atoms with van der Waals surface area (Å²) in [6.45, 7) is 10.2. The molecule has 17 heavy (non-hydrogen) atoms. The van der Waals surface area contributed by atoms with Gasteiger partial charge in [-0.25, -0.2) is 0 Å². The molecule has 1 N–H and O–H groups in total. The maximum absolute atomic E-state index is 11.4. The minimum atomic E-state index is -0.689. The second-order valence-corrected chi connectivity index (χ2v) is 5.54. The van der Waals surface area contributed by atoms with Crippen LogP contribution in [0.2, 0.25) is 0 Å². The molecule has 3 atom stereocenters. The molecule has 1 aliphatic heterocycles. The molecule has 0 aromatic rings. The van der Waals surface area contributed by atoms with Crippen molar-refractivity contribution in [1.29, 1.82) is 0 Å². The lowest BCUT2D eigenvalue weighted by atomic mass is 9.84. The summed E-state index contributed by atoms with van der Waals surface area (Å²) in [4.78, 5) is 13.7. The quantitative estimate of drug-likeness (QED) is 0.802. The van der Waals surface area contributed by atoms with Crippen molar-refractivity contribution in [2.24, 2.45) is 5.41 Å². The van der Waals surface area contributed by atoms with Crippen molar-refractivity contribution in [2.75, 3.05) is 19.7 Å². The Balaban J connectivity index is 2.68. The van der Waals surface area contributed by atoms with Crippen LogP contribution in [0, 0.1) is 5.41 Å². The van der Waals surface area contributed by atoms with Gasteiger partial charge in [-0.2, -0.15) is 0 Å². The van der Waals surface area contributed by atoms with Gasteiger partial charge in [0.05, 0.1) is 18.1 Å². The van der Waals surface area contributed by atoms with Crippen LogP contribution >= 0.6 is 0 Å². The number of hydrogen-bond donors (Lipinski definition) is 1. The Labute approximate surface area is 104 Å². The normalized spacial score (nSPS) is 29.9. The highest BCUT2D eigenvalue weighted by Gasteiger charge is 2.37. The minimum Gasteiger partial charge on any atom is -0.481 e. The zero-order chi connectivity index (χ0) is 13.1.